The molecule has 1 aromatic carbocycles. The Morgan fingerprint density at radius 2 is 2.00 bits per heavy atom. The van der Waals surface area contributed by atoms with Crippen molar-refractivity contribution >= 4 is 49.1 Å². The maximum absolute atomic E-state index is 15.0. The van der Waals surface area contributed by atoms with Crippen LogP contribution in [0.1, 0.15) is 29.4 Å². The molecular formula is C19H22BrFO6S. The number of Topliss-reactive ketones (excluding diaryl/α,β-unsaturated/α-hetero) is 1. The van der Waals surface area contributed by atoms with E-state index in [9.17, 15) is 9.59 Å². The quantitative estimate of drug-likeness (QED) is 0.155. The number of halogens is 2. The van der Waals surface area contributed by atoms with Gasteiger partial charge in [0.1, 0.15) is 0 Å². The van der Waals surface area contributed by atoms with Crippen molar-refractivity contribution in [3.05, 3.63) is 22.8 Å². The van der Waals surface area contributed by atoms with Crippen molar-refractivity contribution in [3.8, 4) is 11.5 Å². The second-order valence-electron chi connectivity index (χ2n) is 6.03. The van der Waals surface area contributed by atoms with Gasteiger partial charge in [-0.1, -0.05) is 22.9 Å². The molecule has 0 saturated carbocycles. The minimum atomic E-state index is -0.611. The number of fused-ring (bicyclic) bond motifs is 1. The maximum Gasteiger partial charge on any atom is 0.308 e. The number of carbonyl (C=O) groups excluding carboxylic acids is 2. The zero-order chi connectivity index (χ0) is 20.7. The van der Waals surface area contributed by atoms with Gasteiger partial charge in [-0.15, -0.1) is 11.3 Å². The fraction of sp³-hybridized carbons (Fsp3) is 0.474. The van der Waals surface area contributed by atoms with Gasteiger partial charge in [-0.05, 0) is 12.5 Å². The van der Waals surface area contributed by atoms with E-state index in [0.29, 0.717) is 16.2 Å². The molecule has 0 saturated heterocycles. The van der Waals surface area contributed by atoms with Gasteiger partial charge in [0.05, 0.1) is 24.5 Å². The van der Waals surface area contributed by atoms with Crippen molar-refractivity contribution in [1.82, 2.24) is 0 Å². The normalized spacial score (nSPS) is 12.0. The first-order chi connectivity index (χ1) is 13.4. The van der Waals surface area contributed by atoms with Gasteiger partial charge in [-0.3, -0.25) is 9.59 Å². The molecule has 0 bridgehead atoms. The Kier molecular flexibility index (Phi) is 8.65. The minimum Gasteiger partial charge on any atom is -0.489 e. The molecule has 6 nitrogen and oxygen atoms in total. The smallest absolute Gasteiger partial charge is 0.308 e. The first-order valence-corrected chi connectivity index (χ1v) is 10.5. The highest BCUT2D eigenvalue weighted by atomic mass is 79.9. The molecule has 0 fully saturated rings. The third kappa shape index (κ3) is 5.42. The number of methoxy groups -OCH3 is 2. The summed E-state index contributed by atoms with van der Waals surface area (Å²) in [7, 11) is 2.71. The van der Waals surface area contributed by atoms with Crippen LogP contribution in [0.25, 0.3) is 10.1 Å². The summed E-state index contributed by atoms with van der Waals surface area (Å²) >= 11 is 4.47. The number of hydrogen-bond donors (Lipinski definition) is 0. The maximum atomic E-state index is 15.0. The molecule has 1 unspecified atom stereocenters. The molecule has 0 N–H and O–H groups in total. The molecule has 28 heavy (non-hydrogen) atoms. The molecule has 0 aliphatic heterocycles. The van der Waals surface area contributed by atoms with Crippen molar-refractivity contribution in [3.63, 3.8) is 0 Å². The zero-order valence-electron chi connectivity index (χ0n) is 15.9. The Bertz CT molecular complexity index is 837. The SMILES string of the molecule is COCOc1c(OCCCBr)cc2sc(C(=O)CC(C)C(=O)OC)cc2c1F. The lowest BCUT2D eigenvalue weighted by Crippen LogP contribution is -2.16. The summed E-state index contributed by atoms with van der Waals surface area (Å²) in [5.41, 5.74) is 0. The lowest BCUT2D eigenvalue weighted by molar-refractivity contribution is -0.144. The van der Waals surface area contributed by atoms with Crippen LogP contribution in [0.3, 0.4) is 0 Å². The Balaban J connectivity index is 2.36. The number of hydrogen-bond acceptors (Lipinski definition) is 7. The molecule has 0 aliphatic rings. The third-order valence-corrected chi connectivity index (χ3v) is 5.59. The monoisotopic (exact) mass is 476 g/mol. The third-order valence-electron chi connectivity index (χ3n) is 3.91. The second kappa shape index (κ2) is 10.7. The van der Waals surface area contributed by atoms with E-state index in [-0.39, 0.29) is 35.9 Å². The predicted octanol–water partition coefficient (Wildman–Crippen LogP) is 4.57. The standard InChI is InChI=1S/C19H22BrFO6S/c1-11(19(23)25-3)7-13(22)16-8-12-15(28-16)9-14(26-6-4-5-20)18(17(12)21)27-10-24-2/h8-9,11H,4-7,10H2,1-3H3. The molecule has 1 atom stereocenters. The average molecular weight is 477 g/mol. The van der Waals surface area contributed by atoms with Crippen LogP contribution >= 0.6 is 27.3 Å². The lowest BCUT2D eigenvalue weighted by atomic mass is 10.0. The molecule has 1 aromatic heterocycles. The van der Waals surface area contributed by atoms with Crippen LogP contribution in [0.5, 0.6) is 11.5 Å². The zero-order valence-corrected chi connectivity index (χ0v) is 18.3. The highest BCUT2D eigenvalue weighted by molar-refractivity contribution is 9.09. The molecular weight excluding hydrogens is 455 g/mol. The topological polar surface area (TPSA) is 71.1 Å². The number of benzene rings is 1. The molecule has 2 aromatic rings. The Morgan fingerprint density at radius 3 is 2.64 bits per heavy atom. The Hall–Kier alpha value is -1.71. The highest BCUT2D eigenvalue weighted by Crippen LogP contribution is 2.40. The molecule has 0 radical (unpaired) electrons. The van der Waals surface area contributed by atoms with E-state index in [1.165, 1.54) is 20.3 Å². The van der Waals surface area contributed by atoms with Gasteiger partial charge in [0, 0.05) is 35.0 Å². The molecule has 9 heteroatoms. The van der Waals surface area contributed by atoms with Crippen LogP contribution in [0.2, 0.25) is 0 Å². The van der Waals surface area contributed by atoms with Crippen LogP contribution in [0.15, 0.2) is 12.1 Å². The molecule has 1 heterocycles. The second-order valence-corrected chi connectivity index (χ2v) is 7.91. The van der Waals surface area contributed by atoms with Crippen molar-refractivity contribution in [1.29, 1.82) is 0 Å². The fourth-order valence-corrected chi connectivity index (χ4v) is 3.76. The van der Waals surface area contributed by atoms with Gasteiger partial charge >= 0.3 is 5.97 Å². The predicted molar refractivity (Wildman–Crippen MR) is 108 cm³/mol. The summed E-state index contributed by atoms with van der Waals surface area (Å²) in [4.78, 5) is 24.4. The van der Waals surface area contributed by atoms with Crippen LogP contribution in [-0.4, -0.2) is 44.7 Å². The summed E-state index contributed by atoms with van der Waals surface area (Å²) in [5, 5.41) is 1.01. The van der Waals surface area contributed by atoms with Crippen molar-refractivity contribution in [2.75, 3.05) is 32.9 Å². The van der Waals surface area contributed by atoms with E-state index in [4.69, 9.17) is 14.2 Å². The summed E-state index contributed by atoms with van der Waals surface area (Å²) in [6.45, 7) is 1.86. The molecule has 0 spiro atoms. The average Bonchev–Trinajstić information content (AvgIpc) is 3.11. The number of carbonyl (C=O) groups is 2. The molecule has 0 aliphatic carbocycles. The summed E-state index contributed by atoms with van der Waals surface area (Å²) < 4.78 is 36.1. The van der Waals surface area contributed by atoms with Gasteiger partial charge in [0.2, 0.25) is 5.75 Å². The van der Waals surface area contributed by atoms with Gasteiger partial charge in [0.25, 0.3) is 0 Å². The largest absolute Gasteiger partial charge is 0.489 e. The van der Waals surface area contributed by atoms with E-state index in [2.05, 4.69) is 20.7 Å². The number of ether oxygens (including phenoxy) is 4. The molecule has 2 rings (SSSR count). The summed E-state index contributed by atoms with van der Waals surface area (Å²) in [6, 6.07) is 3.13. The fourth-order valence-electron chi connectivity index (χ4n) is 2.50. The number of alkyl halides is 1. The van der Waals surface area contributed by atoms with Gasteiger partial charge in [-0.2, -0.15) is 0 Å². The van der Waals surface area contributed by atoms with Crippen molar-refractivity contribution in [2.45, 2.75) is 19.8 Å². The van der Waals surface area contributed by atoms with Crippen molar-refractivity contribution in [2.24, 2.45) is 5.92 Å². The van der Waals surface area contributed by atoms with E-state index in [0.717, 1.165) is 23.1 Å². The number of ketones is 1. The van der Waals surface area contributed by atoms with Crippen LogP contribution in [0.4, 0.5) is 4.39 Å². The Labute approximate surface area is 175 Å². The number of rotatable bonds is 11. The lowest BCUT2D eigenvalue weighted by Gasteiger charge is -2.13. The highest BCUT2D eigenvalue weighted by Gasteiger charge is 2.23. The van der Waals surface area contributed by atoms with Crippen molar-refractivity contribution < 1.29 is 32.9 Å². The van der Waals surface area contributed by atoms with E-state index < -0.39 is 17.7 Å². The first kappa shape index (κ1) is 22.6. The van der Waals surface area contributed by atoms with E-state index in [1.807, 2.05) is 0 Å². The first-order valence-electron chi connectivity index (χ1n) is 8.60. The van der Waals surface area contributed by atoms with Crippen LogP contribution < -0.4 is 9.47 Å². The number of thiophene rings is 1. The van der Waals surface area contributed by atoms with Crippen LogP contribution in [-0.2, 0) is 14.3 Å². The Morgan fingerprint density at radius 1 is 1.25 bits per heavy atom. The van der Waals surface area contributed by atoms with Gasteiger partial charge < -0.3 is 18.9 Å². The van der Waals surface area contributed by atoms with Gasteiger partial charge in [-0.25, -0.2) is 4.39 Å². The minimum absolute atomic E-state index is 0.0112. The number of esters is 1. The molecule has 0 amide bonds. The summed E-state index contributed by atoms with van der Waals surface area (Å²) in [5.74, 6) is -1.69. The van der Waals surface area contributed by atoms with Crippen LogP contribution in [0, 0.1) is 11.7 Å². The van der Waals surface area contributed by atoms with E-state index >= 15 is 4.39 Å². The van der Waals surface area contributed by atoms with Gasteiger partial charge in [0.15, 0.2) is 24.1 Å². The summed E-state index contributed by atoms with van der Waals surface area (Å²) in [6.07, 6.45) is 0.728. The molecule has 154 valence electrons. The van der Waals surface area contributed by atoms with E-state index in [1.54, 1.807) is 13.0 Å².